The summed E-state index contributed by atoms with van der Waals surface area (Å²) in [4.78, 5) is 21.9. The van der Waals surface area contributed by atoms with E-state index in [4.69, 9.17) is 16.1 Å². The molecule has 1 amide bonds. The van der Waals surface area contributed by atoms with Crippen LogP contribution in [0.2, 0.25) is 5.02 Å². The van der Waals surface area contributed by atoms with E-state index in [2.05, 4.69) is 15.1 Å². The van der Waals surface area contributed by atoms with E-state index in [0.29, 0.717) is 29.7 Å². The van der Waals surface area contributed by atoms with Gasteiger partial charge in [-0.2, -0.15) is 4.98 Å². The Bertz CT molecular complexity index is 927. The Labute approximate surface area is 156 Å². The van der Waals surface area contributed by atoms with Crippen LogP contribution in [-0.4, -0.2) is 39.5 Å². The Morgan fingerprint density at radius 3 is 2.96 bits per heavy atom. The number of fused-ring (bicyclic) bond motifs is 1. The lowest BCUT2D eigenvalue weighted by molar-refractivity contribution is -0.133. The number of carbonyl (C=O) groups is 1. The second-order valence-corrected chi connectivity index (χ2v) is 7.36. The average molecular weight is 373 g/mol. The zero-order valence-corrected chi connectivity index (χ0v) is 15.4. The van der Waals surface area contributed by atoms with Crippen LogP contribution in [0.3, 0.4) is 0 Å². The fraction of sp³-hybridized carbons (Fsp3) is 0.421. The first kappa shape index (κ1) is 17.1. The van der Waals surface area contributed by atoms with Crippen LogP contribution in [0.5, 0.6) is 0 Å². The maximum Gasteiger partial charge on any atom is 0.274 e. The minimum atomic E-state index is 0.194. The highest BCUT2D eigenvalue weighted by atomic mass is 35.5. The normalized spacial score (nSPS) is 15.0. The van der Waals surface area contributed by atoms with Crippen molar-refractivity contribution in [2.45, 2.75) is 32.1 Å². The molecule has 2 heterocycles. The average Bonchev–Trinajstić information content (AvgIpc) is 3.37. The van der Waals surface area contributed by atoms with Crippen molar-refractivity contribution in [3.8, 4) is 11.6 Å². The summed E-state index contributed by atoms with van der Waals surface area (Å²) in [5, 5.41) is 5.72. The van der Waals surface area contributed by atoms with E-state index in [1.807, 2.05) is 31.3 Å². The Balaban J connectivity index is 1.41. The molecular weight excluding hydrogens is 352 g/mol. The van der Waals surface area contributed by atoms with Gasteiger partial charge in [0.2, 0.25) is 5.91 Å². The number of hydrogen-bond acceptors (Lipinski definition) is 4. The largest absolute Gasteiger partial charge is 0.351 e. The Kier molecular flexibility index (Phi) is 4.68. The molecule has 0 unspecified atom stereocenters. The van der Waals surface area contributed by atoms with Crippen LogP contribution >= 0.6 is 11.6 Å². The SMILES string of the molecule is CN(CCc1noc(-c2cc3cc(Cl)ccc3[nH]2)n1)C(=O)C1CCCC1. The highest BCUT2D eigenvalue weighted by molar-refractivity contribution is 6.31. The summed E-state index contributed by atoms with van der Waals surface area (Å²) in [5.41, 5.74) is 1.72. The lowest BCUT2D eigenvalue weighted by Gasteiger charge is -2.20. The van der Waals surface area contributed by atoms with Crippen LogP contribution in [0.1, 0.15) is 31.5 Å². The fourth-order valence-corrected chi connectivity index (χ4v) is 3.73. The topological polar surface area (TPSA) is 75.0 Å². The van der Waals surface area contributed by atoms with E-state index < -0.39 is 0 Å². The van der Waals surface area contributed by atoms with Gasteiger partial charge < -0.3 is 14.4 Å². The number of H-pyrrole nitrogens is 1. The summed E-state index contributed by atoms with van der Waals surface area (Å²) in [6, 6.07) is 7.58. The lowest BCUT2D eigenvalue weighted by atomic mass is 10.1. The van der Waals surface area contributed by atoms with Crippen molar-refractivity contribution in [2.24, 2.45) is 5.92 Å². The van der Waals surface area contributed by atoms with Crippen LogP contribution in [0, 0.1) is 5.92 Å². The second-order valence-electron chi connectivity index (χ2n) is 6.92. The lowest BCUT2D eigenvalue weighted by Crippen LogP contribution is -2.33. The van der Waals surface area contributed by atoms with Crippen molar-refractivity contribution in [1.29, 1.82) is 0 Å². The van der Waals surface area contributed by atoms with E-state index >= 15 is 0 Å². The molecule has 0 spiro atoms. The molecule has 1 aliphatic carbocycles. The standard InChI is InChI=1S/C19H21ClN4O2/c1-24(19(25)12-4-2-3-5-12)9-8-17-22-18(26-23-17)16-11-13-10-14(20)6-7-15(13)21-16/h6-7,10-12,21H,2-5,8-9H2,1H3. The van der Waals surface area contributed by atoms with Crippen molar-refractivity contribution in [3.05, 3.63) is 35.1 Å². The summed E-state index contributed by atoms with van der Waals surface area (Å²) < 4.78 is 5.37. The molecule has 26 heavy (non-hydrogen) atoms. The van der Waals surface area contributed by atoms with Crippen LogP contribution in [0.4, 0.5) is 0 Å². The van der Waals surface area contributed by atoms with Gasteiger partial charge in [0.05, 0.1) is 0 Å². The number of rotatable bonds is 5. The van der Waals surface area contributed by atoms with Gasteiger partial charge in [0, 0.05) is 41.9 Å². The molecule has 0 atom stereocenters. The molecule has 136 valence electrons. The Morgan fingerprint density at radius 1 is 1.35 bits per heavy atom. The Hall–Kier alpha value is -2.34. The molecule has 1 saturated carbocycles. The van der Waals surface area contributed by atoms with E-state index in [1.54, 1.807) is 4.90 Å². The zero-order valence-electron chi connectivity index (χ0n) is 14.7. The molecule has 2 aromatic heterocycles. The fourth-order valence-electron chi connectivity index (χ4n) is 3.55. The minimum absolute atomic E-state index is 0.194. The number of likely N-dealkylation sites (N-methyl/N-ethyl adjacent to an activating group) is 1. The molecular formula is C19H21ClN4O2. The second kappa shape index (κ2) is 7.11. The summed E-state index contributed by atoms with van der Waals surface area (Å²) in [7, 11) is 1.85. The number of hydrogen-bond donors (Lipinski definition) is 1. The van der Waals surface area contributed by atoms with Gasteiger partial charge in [-0.15, -0.1) is 0 Å². The summed E-state index contributed by atoms with van der Waals surface area (Å²) in [6.45, 7) is 0.594. The number of aromatic amines is 1. The molecule has 1 aliphatic rings. The molecule has 7 heteroatoms. The van der Waals surface area contributed by atoms with E-state index in [-0.39, 0.29) is 11.8 Å². The summed E-state index contributed by atoms with van der Waals surface area (Å²) in [5.74, 6) is 1.47. The van der Waals surface area contributed by atoms with Gasteiger partial charge in [0.1, 0.15) is 5.69 Å². The molecule has 0 bridgehead atoms. The maximum atomic E-state index is 12.4. The van der Waals surface area contributed by atoms with Crippen LogP contribution in [0.15, 0.2) is 28.8 Å². The van der Waals surface area contributed by atoms with Gasteiger partial charge in [-0.1, -0.05) is 29.6 Å². The van der Waals surface area contributed by atoms with Crippen molar-refractivity contribution in [1.82, 2.24) is 20.0 Å². The maximum absolute atomic E-state index is 12.4. The molecule has 0 radical (unpaired) electrons. The molecule has 1 fully saturated rings. The van der Waals surface area contributed by atoms with Gasteiger partial charge in [0.25, 0.3) is 5.89 Å². The van der Waals surface area contributed by atoms with Gasteiger partial charge in [-0.05, 0) is 37.1 Å². The van der Waals surface area contributed by atoms with E-state index in [0.717, 1.165) is 42.3 Å². The summed E-state index contributed by atoms with van der Waals surface area (Å²) >= 11 is 6.02. The third kappa shape index (κ3) is 3.46. The number of nitrogens with one attached hydrogen (secondary N) is 1. The summed E-state index contributed by atoms with van der Waals surface area (Å²) in [6.07, 6.45) is 4.92. The molecule has 1 aromatic carbocycles. The van der Waals surface area contributed by atoms with E-state index in [9.17, 15) is 4.79 Å². The molecule has 4 rings (SSSR count). The van der Waals surface area contributed by atoms with Crippen molar-refractivity contribution < 1.29 is 9.32 Å². The molecule has 1 N–H and O–H groups in total. The quantitative estimate of drug-likeness (QED) is 0.732. The first-order chi connectivity index (χ1) is 12.6. The first-order valence-electron chi connectivity index (χ1n) is 8.96. The molecule has 3 aromatic rings. The van der Waals surface area contributed by atoms with Gasteiger partial charge in [-0.3, -0.25) is 4.79 Å². The molecule has 0 aliphatic heterocycles. The number of nitrogens with zero attached hydrogens (tertiary/aromatic N) is 3. The predicted octanol–water partition coefficient (Wildman–Crippen LogP) is 4.06. The third-order valence-electron chi connectivity index (χ3n) is 5.03. The predicted molar refractivity (Wildman–Crippen MR) is 99.9 cm³/mol. The monoisotopic (exact) mass is 372 g/mol. The number of benzene rings is 1. The number of aromatic nitrogens is 3. The number of halogens is 1. The molecule has 0 saturated heterocycles. The number of carbonyl (C=O) groups excluding carboxylic acids is 1. The smallest absolute Gasteiger partial charge is 0.274 e. The Morgan fingerprint density at radius 2 is 2.15 bits per heavy atom. The third-order valence-corrected chi connectivity index (χ3v) is 5.27. The highest BCUT2D eigenvalue weighted by Gasteiger charge is 2.25. The van der Waals surface area contributed by atoms with Crippen molar-refractivity contribution >= 4 is 28.4 Å². The van der Waals surface area contributed by atoms with Gasteiger partial charge in [0.15, 0.2) is 5.82 Å². The van der Waals surface area contributed by atoms with Crippen LogP contribution in [0.25, 0.3) is 22.5 Å². The van der Waals surface area contributed by atoms with Gasteiger partial charge in [-0.25, -0.2) is 0 Å². The van der Waals surface area contributed by atoms with Gasteiger partial charge >= 0.3 is 0 Å². The number of amides is 1. The highest BCUT2D eigenvalue weighted by Crippen LogP contribution is 2.27. The van der Waals surface area contributed by atoms with Crippen molar-refractivity contribution in [2.75, 3.05) is 13.6 Å². The molecule has 6 nitrogen and oxygen atoms in total. The first-order valence-corrected chi connectivity index (χ1v) is 9.34. The minimum Gasteiger partial charge on any atom is -0.351 e. The van der Waals surface area contributed by atoms with Crippen LogP contribution in [-0.2, 0) is 11.2 Å². The zero-order chi connectivity index (χ0) is 18.1. The van der Waals surface area contributed by atoms with E-state index in [1.165, 1.54) is 0 Å². The van der Waals surface area contributed by atoms with Crippen LogP contribution < -0.4 is 0 Å². The van der Waals surface area contributed by atoms with Crippen molar-refractivity contribution in [3.63, 3.8) is 0 Å².